The summed E-state index contributed by atoms with van der Waals surface area (Å²) in [6.07, 6.45) is 2.69. The van der Waals surface area contributed by atoms with Gasteiger partial charge in [-0.2, -0.15) is 0 Å². The number of rotatable bonds is 7. The van der Waals surface area contributed by atoms with E-state index in [1.807, 2.05) is 0 Å². The van der Waals surface area contributed by atoms with Gasteiger partial charge < -0.3 is 15.7 Å². The fraction of sp³-hybridized carbons (Fsp3) is 0.500. The van der Waals surface area contributed by atoms with Crippen LogP contribution in [-0.2, 0) is 4.79 Å². The lowest BCUT2D eigenvalue weighted by Crippen LogP contribution is -2.49. The molecule has 1 saturated carbocycles. The van der Waals surface area contributed by atoms with Crippen LogP contribution in [0.1, 0.15) is 36.5 Å². The molecule has 120 valence electrons. The number of hydrogen-bond donors (Lipinski definition) is 3. The van der Waals surface area contributed by atoms with Crippen LogP contribution >= 0.6 is 11.6 Å². The van der Waals surface area contributed by atoms with Crippen molar-refractivity contribution >= 4 is 23.4 Å². The van der Waals surface area contributed by atoms with E-state index in [2.05, 4.69) is 10.6 Å². The molecule has 1 aromatic carbocycles. The van der Waals surface area contributed by atoms with E-state index in [9.17, 15) is 9.59 Å². The van der Waals surface area contributed by atoms with Crippen molar-refractivity contribution in [3.63, 3.8) is 0 Å². The zero-order valence-corrected chi connectivity index (χ0v) is 13.3. The topological polar surface area (TPSA) is 78.4 Å². The summed E-state index contributed by atoms with van der Waals surface area (Å²) in [6.45, 7) is 1.68. The summed E-state index contributed by atoms with van der Waals surface area (Å²) < 4.78 is 0. The molecule has 2 unspecified atom stereocenters. The van der Waals surface area contributed by atoms with Crippen molar-refractivity contribution in [2.75, 3.05) is 6.61 Å². The molecule has 0 saturated heterocycles. The SMILES string of the molecule is CC(NC(=O)c1ccccc1Cl)C(=O)NC(CCO)C1CC1. The first-order valence-corrected chi connectivity index (χ1v) is 7.87. The standard InChI is InChI=1S/C16H21ClN2O3/c1-10(15(21)19-14(8-9-20)11-6-7-11)18-16(22)12-4-2-3-5-13(12)17/h2-5,10-11,14,20H,6-9H2,1H3,(H,18,22)(H,19,21). The minimum Gasteiger partial charge on any atom is -0.396 e. The summed E-state index contributed by atoms with van der Waals surface area (Å²) in [5.74, 6) is -0.174. The van der Waals surface area contributed by atoms with Gasteiger partial charge in [-0.05, 0) is 44.2 Å². The molecule has 0 heterocycles. The van der Waals surface area contributed by atoms with Gasteiger partial charge in [0, 0.05) is 12.6 Å². The predicted molar refractivity (Wildman–Crippen MR) is 84.7 cm³/mol. The maximum Gasteiger partial charge on any atom is 0.253 e. The third kappa shape index (κ3) is 4.45. The van der Waals surface area contributed by atoms with Crippen LogP contribution in [0.15, 0.2) is 24.3 Å². The zero-order chi connectivity index (χ0) is 16.1. The molecule has 2 rings (SSSR count). The zero-order valence-electron chi connectivity index (χ0n) is 12.5. The lowest BCUT2D eigenvalue weighted by Gasteiger charge is -2.21. The normalized spacial score (nSPS) is 16.7. The fourth-order valence-corrected chi connectivity index (χ4v) is 2.58. The highest BCUT2D eigenvalue weighted by Gasteiger charge is 2.32. The molecule has 1 aliphatic rings. The summed E-state index contributed by atoms with van der Waals surface area (Å²) in [7, 11) is 0. The van der Waals surface area contributed by atoms with Crippen molar-refractivity contribution in [3.05, 3.63) is 34.9 Å². The highest BCUT2D eigenvalue weighted by atomic mass is 35.5. The van der Waals surface area contributed by atoms with Crippen LogP contribution in [0.3, 0.4) is 0 Å². The van der Waals surface area contributed by atoms with E-state index in [-0.39, 0.29) is 24.5 Å². The molecule has 5 nitrogen and oxygen atoms in total. The number of amides is 2. The minimum absolute atomic E-state index is 0.0165. The summed E-state index contributed by atoms with van der Waals surface area (Å²) >= 11 is 5.97. The highest BCUT2D eigenvalue weighted by molar-refractivity contribution is 6.33. The quantitative estimate of drug-likeness (QED) is 0.715. The van der Waals surface area contributed by atoms with Gasteiger partial charge in [0.05, 0.1) is 10.6 Å². The first-order valence-electron chi connectivity index (χ1n) is 7.49. The van der Waals surface area contributed by atoms with Gasteiger partial charge in [-0.25, -0.2) is 0 Å². The van der Waals surface area contributed by atoms with E-state index < -0.39 is 6.04 Å². The third-order valence-electron chi connectivity index (χ3n) is 3.82. The highest BCUT2D eigenvalue weighted by Crippen LogP contribution is 2.33. The molecule has 1 aliphatic carbocycles. The number of halogens is 1. The summed E-state index contributed by atoms with van der Waals surface area (Å²) in [6, 6.07) is 6.02. The molecule has 2 atom stereocenters. The van der Waals surface area contributed by atoms with Crippen molar-refractivity contribution in [1.82, 2.24) is 10.6 Å². The van der Waals surface area contributed by atoms with Gasteiger partial charge in [-0.1, -0.05) is 23.7 Å². The predicted octanol–water partition coefficient (Wildman–Crippen LogP) is 1.74. The molecule has 0 bridgehead atoms. The van der Waals surface area contributed by atoms with Crippen molar-refractivity contribution in [1.29, 1.82) is 0 Å². The maximum absolute atomic E-state index is 12.2. The Kier molecular flexibility index (Phi) is 5.80. The van der Waals surface area contributed by atoms with E-state index in [1.165, 1.54) is 0 Å². The number of benzene rings is 1. The van der Waals surface area contributed by atoms with Gasteiger partial charge >= 0.3 is 0 Å². The van der Waals surface area contributed by atoms with Crippen LogP contribution in [-0.4, -0.2) is 35.6 Å². The van der Waals surface area contributed by atoms with Gasteiger partial charge in [0.1, 0.15) is 6.04 Å². The number of aliphatic hydroxyl groups excluding tert-OH is 1. The average molecular weight is 325 g/mol. The molecule has 1 aromatic rings. The van der Waals surface area contributed by atoms with Crippen LogP contribution < -0.4 is 10.6 Å². The van der Waals surface area contributed by atoms with Crippen molar-refractivity contribution < 1.29 is 14.7 Å². The molecule has 2 amide bonds. The van der Waals surface area contributed by atoms with Crippen molar-refractivity contribution in [2.24, 2.45) is 5.92 Å². The average Bonchev–Trinajstić information content (AvgIpc) is 3.31. The van der Waals surface area contributed by atoms with Crippen LogP contribution in [0.5, 0.6) is 0 Å². The van der Waals surface area contributed by atoms with Gasteiger partial charge in [0.15, 0.2) is 0 Å². The number of nitrogens with one attached hydrogen (secondary N) is 2. The van der Waals surface area contributed by atoms with E-state index in [1.54, 1.807) is 31.2 Å². The molecule has 0 spiro atoms. The fourth-order valence-electron chi connectivity index (χ4n) is 2.36. The minimum atomic E-state index is -0.663. The number of aliphatic hydroxyl groups is 1. The van der Waals surface area contributed by atoms with Crippen LogP contribution in [0.4, 0.5) is 0 Å². The molecule has 0 aliphatic heterocycles. The maximum atomic E-state index is 12.2. The number of carbonyl (C=O) groups excluding carboxylic acids is 2. The van der Waals surface area contributed by atoms with Gasteiger partial charge in [0.25, 0.3) is 5.91 Å². The van der Waals surface area contributed by atoms with Crippen LogP contribution in [0.2, 0.25) is 5.02 Å². The molecule has 0 aromatic heterocycles. The number of hydrogen-bond acceptors (Lipinski definition) is 3. The third-order valence-corrected chi connectivity index (χ3v) is 4.15. The molecule has 1 fully saturated rings. The second-order valence-electron chi connectivity index (χ2n) is 5.64. The van der Waals surface area contributed by atoms with E-state index in [4.69, 9.17) is 16.7 Å². The molecule has 0 radical (unpaired) electrons. The Balaban J connectivity index is 1.90. The smallest absolute Gasteiger partial charge is 0.253 e. The Hall–Kier alpha value is -1.59. The Labute approximate surface area is 135 Å². The second-order valence-corrected chi connectivity index (χ2v) is 6.05. The van der Waals surface area contributed by atoms with E-state index in [0.717, 1.165) is 12.8 Å². The Morgan fingerprint density at radius 2 is 2.00 bits per heavy atom. The van der Waals surface area contributed by atoms with Crippen molar-refractivity contribution in [2.45, 2.75) is 38.3 Å². The molecule has 3 N–H and O–H groups in total. The van der Waals surface area contributed by atoms with Gasteiger partial charge in [-0.15, -0.1) is 0 Å². The summed E-state index contributed by atoms with van der Waals surface area (Å²) in [4.78, 5) is 24.3. The van der Waals surface area contributed by atoms with E-state index in [0.29, 0.717) is 22.9 Å². The van der Waals surface area contributed by atoms with Gasteiger partial charge in [-0.3, -0.25) is 9.59 Å². The summed E-state index contributed by atoms with van der Waals surface area (Å²) in [5, 5.41) is 15.0. The molecular weight excluding hydrogens is 304 g/mol. The Morgan fingerprint density at radius 1 is 1.32 bits per heavy atom. The molecule has 22 heavy (non-hydrogen) atoms. The molecular formula is C16H21ClN2O3. The van der Waals surface area contributed by atoms with Crippen LogP contribution in [0, 0.1) is 5.92 Å². The first-order chi connectivity index (χ1) is 10.5. The van der Waals surface area contributed by atoms with Crippen molar-refractivity contribution in [3.8, 4) is 0 Å². The van der Waals surface area contributed by atoms with Crippen LogP contribution in [0.25, 0.3) is 0 Å². The Morgan fingerprint density at radius 3 is 2.59 bits per heavy atom. The lowest BCUT2D eigenvalue weighted by molar-refractivity contribution is -0.123. The number of carbonyl (C=O) groups is 2. The largest absolute Gasteiger partial charge is 0.396 e. The second kappa shape index (κ2) is 7.61. The van der Waals surface area contributed by atoms with E-state index >= 15 is 0 Å². The first kappa shape index (κ1) is 16.8. The van der Waals surface area contributed by atoms with Gasteiger partial charge in [0.2, 0.25) is 5.91 Å². The Bertz CT molecular complexity index is 546. The summed E-state index contributed by atoms with van der Waals surface area (Å²) in [5.41, 5.74) is 0.345. The monoisotopic (exact) mass is 324 g/mol. The lowest BCUT2D eigenvalue weighted by atomic mass is 10.1. The molecule has 6 heteroatoms.